The summed E-state index contributed by atoms with van der Waals surface area (Å²) in [5, 5.41) is 3.50. The van der Waals surface area contributed by atoms with Gasteiger partial charge in [-0.2, -0.15) is 0 Å². The summed E-state index contributed by atoms with van der Waals surface area (Å²) >= 11 is 1.98. The number of benzene rings is 1. The molecule has 1 unspecified atom stereocenters. The van der Waals surface area contributed by atoms with Crippen LogP contribution < -0.4 is 5.32 Å². The molecule has 0 spiro atoms. The Kier molecular flexibility index (Phi) is 6.09. The number of nitrogens with one attached hydrogen (secondary N) is 1. The van der Waals surface area contributed by atoms with Crippen LogP contribution in [0, 0.1) is 5.92 Å². The fourth-order valence-electron chi connectivity index (χ4n) is 2.81. The summed E-state index contributed by atoms with van der Waals surface area (Å²) in [6.07, 6.45) is 8.62. The predicted octanol–water partition coefficient (Wildman–Crippen LogP) is 4.34. The molecule has 2 heteroatoms. The van der Waals surface area contributed by atoms with Crippen LogP contribution in [0.1, 0.15) is 38.5 Å². The molecule has 0 aliphatic heterocycles. The van der Waals surface area contributed by atoms with Crippen molar-refractivity contribution in [1.82, 2.24) is 5.32 Å². The van der Waals surface area contributed by atoms with Crippen molar-refractivity contribution in [2.45, 2.75) is 49.5 Å². The summed E-state index contributed by atoms with van der Waals surface area (Å²) in [6, 6.07) is 11.4. The Bertz CT molecular complexity index is 319. The zero-order chi connectivity index (χ0) is 12.6. The molecule has 18 heavy (non-hydrogen) atoms. The molecule has 0 amide bonds. The van der Waals surface area contributed by atoms with Crippen LogP contribution in [0.5, 0.6) is 0 Å². The number of hydrogen-bond acceptors (Lipinski definition) is 2. The normalized spacial score (nSPS) is 18.7. The Hall–Kier alpha value is -0.470. The monoisotopic (exact) mass is 263 g/mol. The molecule has 1 atom stereocenters. The van der Waals surface area contributed by atoms with Gasteiger partial charge in [0, 0.05) is 16.7 Å². The molecule has 1 saturated carbocycles. The van der Waals surface area contributed by atoms with Crippen molar-refractivity contribution in [3.8, 4) is 0 Å². The topological polar surface area (TPSA) is 12.0 Å². The van der Waals surface area contributed by atoms with Crippen molar-refractivity contribution in [3.05, 3.63) is 30.3 Å². The summed E-state index contributed by atoms with van der Waals surface area (Å²) in [7, 11) is 2.11. The third-order valence-corrected chi connectivity index (χ3v) is 5.12. The van der Waals surface area contributed by atoms with Gasteiger partial charge in [0.15, 0.2) is 0 Å². The first-order valence-corrected chi connectivity index (χ1v) is 8.22. The molecule has 0 aromatic heterocycles. The van der Waals surface area contributed by atoms with Crippen molar-refractivity contribution in [3.63, 3.8) is 0 Å². The summed E-state index contributed by atoms with van der Waals surface area (Å²) in [4.78, 5) is 1.39. The van der Waals surface area contributed by atoms with E-state index in [0.717, 1.165) is 5.92 Å². The zero-order valence-electron chi connectivity index (χ0n) is 11.4. The second-order valence-electron chi connectivity index (χ2n) is 5.35. The first-order valence-electron chi connectivity index (χ1n) is 7.23. The standard InChI is InChI=1S/C16H25NS/c1-17-15(12-14-8-4-2-5-9-14)13-18-16-10-6-3-7-11-16/h3,6-7,10-11,14-15,17H,2,4-5,8-9,12-13H2,1H3. The van der Waals surface area contributed by atoms with Crippen molar-refractivity contribution >= 4 is 11.8 Å². The predicted molar refractivity (Wildman–Crippen MR) is 81.2 cm³/mol. The van der Waals surface area contributed by atoms with Gasteiger partial charge in [-0.1, -0.05) is 50.3 Å². The van der Waals surface area contributed by atoms with Crippen LogP contribution in [-0.2, 0) is 0 Å². The lowest BCUT2D eigenvalue weighted by Crippen LogP contribution is -2.30. The van der Waals surface area contributed by atoms with Crippen molar-refractivity contribution in [2.75, 3.05) is 12.8 Å². The minimum atomic E-state index is 0.665. The van der Waals surface area contributed by atoms with Crippen LogP contribution in [0.15, 0.2) is 35.2 Å². The zero-order valence-corrected chi connectivity index (χ0v) is 12.2. The summed E-state index contributed by atoms with van der Waals surface area (Å²) in [5.41, 5.74) is 0. The van der Waals surface area contributed by atoms with E-state index >= 15 is 0 Å². The van der Waals surface area contributed by atoms with Gasteiger partial charge in [0.2, 0.25) is 0 Å². The van der Waals surface area contributed by atoms with Gasteiger partial charge < -0.3 is 5.32 Å². The number of rotatable bonds is 6. The van der Waals surface area contributed by atoms with Crippen molar-refractivity contribution in [1.29, 1.82) is 0 Å². The average molecular weight is 263 g/mol. The Morgan fingerprint density at radius 1 is 1.17 bits per heavy atom. The van der Waals surface area contributed by atoms with E-state index in [0.29, 0.717) is 6.04 Å². The Morgan fingerprint density at radius 3 is 2.56 bits per heavy atom. The van der Waals surface area contributed by atoms with Gasteiger partial charge >= 0.3 is 0 Å². The SMILES string of the molecule is CNC(CSc1ccccc1)CC1CCCCC1. The van der Waals surface area contributed by atoms with Crippen LogP contribution >= 0.6 is 11.8 Å². The van der Waals surface area contributed by atoms with E-state index in [4.69, 9.17) is 0 Å². The molecule has 2 rings (SSSR count). The second kappa shape index (κ2) is 7.85. The minimum absolute atomic E-state index is 0.665. The van der Waals surface area contributed by atoms with E-state index in [1.165, 1.54) is 49.2 Å². The molecule has 0 radical (unpaired) electrons. The van der Waals surface area contributed by atoms with Gasteiger partial charge in [0.25, 0.3) is 0 Å². The van der Waals surface area contributed by atoms with Gasteiger partial charge in [-0.05, 0) is 31.5 Å². The molecule has 0 heterocycles. The maximum atomic E-state index is 3.50. The Morgan fingerprint density at radius 2 is 1.89 bits per heavy atom. The molecular weight excluding hydrogens is 238 g/mol. The van der Waals surface area contributed by atoms with Crippen LogP contribution in [0.3, 0.4) is 0 Å². The minimum Gasteiger partial charge on any atom is -0.316 e. The molecule has 100 valence electrons. The van der Waals surface area contributed by atoms with Gasteiger partial charge in [0.05, 0.1) is 0 Å². The molecule has 1 aliphatic carbocycles. The molecule has 1 aromatic carbocycles. The van der Waals surface area contributed by atoms with Gasteiger partial charge in [-0.15, -0.1) is 11.8 Å². The lowest BCUT2D eigenvalue weighted by atomic mass is 9.85. The van der Waals surface area contributed by atoms with E-state index in [-0.39, 0.29) is 0 Å². The van der Waals surface area contributed by atoms with E-state index in [1.54, 1.807) is 0 Å². The highest BCUT2D eigenvalue weighted by Gasteiger charge is 2.18. The largest absolute Gasteiger partial charge is 0.316 e. The molecule has 1 N–H and O–H groups in total. The summed E-state index contributed by atoms with van der Waals surface area (Å²) in [5.74, 6) is 2.16. The molecule has 1 aliphatic rings. The maximum absolute atomic E-state index is 3.50. The molecule has 1 nitrogen and oxygen atoms in total. The van der Waals surface area contributed by atoms with Crippen molar-refractivity contribution in [2.24, 2.45) is 5.92 Å². The molecular formula is C16H25NS. The van der Waals surface area contributed by atoms with Gasteiger partial charge in [-0.3, -0.25) is 0 Å². The fraction of sp³-hybridized carbons (Fsp3) is 0.625. The van der Waals surface area contributed by atoms with Gasteiger partial charge in [-0.25, -0.2) is 0 Å². The third kappa shape index (κ3) is 4.66. The smallest absolute Gasteiger partial charge is 0.0161 e. The van der Waals surface area contributed by atoms with Crippen LogP contribution in [0.2, 0.25) is 0 Å². The molecule has 1 aromatic rings. The van der Waals surface area contributed by atoms with Crippen molar-refractivity contribution < 1.29 is 0 Å². The van der Waals surface area contributed by atoms with Crippen LogP contribution in [0.4, 0.5) is 0 Å². The number of hydrogen-bond donors (Lipinski definition) is 1. The lowest BCUT2D eigenvalue weighted by Gasteiger charge is -2.26. The summed E-state index contributed by atoms with van der Waals surface area (Å²) in [6.45, 7) is 0. The average Bonchev–Trinajstić information content (AvgIpc) is 2.45. The van der Waals surface area contributed by atoms with E-state index < -0.39 is 0 Å². The first kappa shape index (κ1) is 14.0. The van der Waals surface area contributed by atoms with E-state index in [1.807, 2.05) is 11.8 Å². The highest BCUT2D eigenvalue weighted by atomic mass is 32.2. The summed E-state index contributed by atoms with van der Waals surface area (Å²) < 4.78 is 0. The van der Waals surface area contributed by atoms with E-state index in [2.05, 4.69) is 42.7 Å². The number of thioether (sulfide) groups is 1. The lowest BCUT2D eigenvalue weighted by molar-refractivity contribution is 0.312. The molecule has 1 fully saturated rings. The maximum Gasteiger partial charge on any atom is 0.0161 e. The Balaban J connectivity index is 1.74. The van der Waals surface area contributed by atoms with Crippen LogP contribution in [-0.4, -0.2) is 18.8 Å². The van der Waals surface area contributed by atoms with E-state index in [9.17, 15) is 0 Å². The first-order chi connectivity index (χ1) is 8.88. The van der Waals surface area contributed by atoms with Crippen LogP contribution in [0.25, 0.3) is 0 Å². The second-order valence-corrected chi connectivity index (χ2v) is 6.44. The molecule has 0 bridgehead atoms. The quantitative estimate of drug-likeness (QED) is 0.766. The highest BCUT2D eigenvalue weighted by Crippen LogP contribution is 2.28. The molecule has 0 saturated heterocycles. The van der Waals surface area contributed by atoms with Gasteiger partial charge in [0.1, 0.15) is 0 Å². The third-order valence-electron chi connectivity index (χ3n) is 3.95. The Labute approximate surface area is 116 Å². The highest BCUT2D eigenvalue weighted by molar-refractivity contribution is 7.99. The fourth-order valence-corrected chi connectivity index (χ4v) is 3.85.